The maximum Gasteiger partial charge on any atom is 0.187 e. The number of hydrogen-bond acceptors (Lipinski definition) is 22. The predicted octanol–water partition coefficient (Wildman–Crippen LogP) is -2.27. The first-order valence-electron chi connectivity index (χ1n) is 26.7. The van der Waals surface area contributed by atoms with E-state index in [9.17, 15) is 61.3 Å². The first kappa shape index (κ1) is 54.5. The topological polar surface area (TPSA) is 335 Å². The monoisotopic (exact) mass is 1030 g/mol. The summed E-state index contributed by atoms with van der Waals surface area (Å²) in [5.41, 5.74) is 0.170. The SMILES string of the molecule is CC1CCC2(OC1)OC1CC3C4CCC5CC(OC6OC(COC7OC(CO)C(O)C(O)C7O)C(OC7OCC(O)C(O)C7O)C(O)C6OC6OC(CO)C(O)C(O)C6O)CCC5(C)C4CCC3(C)C1C2C. The minimum absolute atomic E-state index is 0.0109. The van der Waals surface area contributed by atoms with Gasteiger partial charge in [0.15, 0.2) is 30.9 Å². The fourth-order valence-corrected chi connectivity index (χ4v) is 15.8. The quantitative estimate of drug-likeness (QED) is 0.0971. The van der Waals surface area contributed by atoms with Crippen molar-refractivity contribution in [1.82, 2.24) is 0 Å². The molecule has 6 heterocycles. The van der Waals surface area contributed by atoms with E-state index in [-0.39, 0.29) is 22.9 Å². The van der Waals surface area contributed by atoms with Crippen LogP contribution in [0, 0.1) is 52.3 Å². The minimum Gasteiger partial charge on any atom is -0.394 e. The molecular weight excluding hydrogens is 953 g/mol. The molecule has 12 N–H and O–H groups in total. The molecule has 4 saturated carbocycles. The maximum atomic E-state index is 12.4. The molecule has 72 heavy (non-hydrogen) atoms. The third kappa shape index (κ3) is 9.36. The van der Waals surface area contributed by atoms with Gasteiger partial charge in [-0.3, -0.25) is 0 Å². The van der Waals surface area contributed by atoms with Crippen molar-refractivity contribution >= 4 is 0 Å². The van der Waals surface area contributed by atoms with Gasteiger partial charge in [-0.2, -0.15) is 0 Å². The summed E-state index contributed by atoms with van der Waals surface area (Å²) in [6, 6.07) is 0. The Hall–Kier alpha value is -0.880. The van der Waals surface area contributed by atoms with Crippen LogP contribution in [-0.4, -0.2) is 229 Å². The number of aliphatic hydroxyl groups excluding tert-OH is 12. The largest absolute Gasteiger partial charge is 0.394 e. The number of hydrogen-bond donors (Lipinski definition) is 12. The van der Waals surface area contributed by atoms with Crippen LogP contribution < -0.4 is 0 Å². The predicted molar refractivity (Wildman–Crippen MR) is 242 cm³/mol. The van der Waals surface area contributed by atoms with Crippen molar-refractivity contribution < 1.29 is 109 Å². The van der Waals surface area contributed by atoms with E-state index in [2.05, 4.69) is 27.7 Å². The Balaban J connectivity index is 0.884. The number of fused-ring (bicyclic) bond motifs is 7. The third-order valence-corrected chi connectivity index (χ3v) is 20.0. The molecule has 10 fully saturated rings. The molecule has 22 nitrogen and oxygen atoms in total. The average Bonchev–Trinajstić information content (AvgIpc) is 3.81. The zero-order chi connectivity index (χ0) is 51.3. The van der Waals surface area contributed by atoms with E-state index in [1.165, 1.54) is 0 Å². The van der Waals surface area contributed by atoms with Crippen molar-refractivity contribution in [3.05, 3.63) is 0 Å². The molecule has 4 aliphatic carbocycles. The summed E-state index contributed by atoms with van der Waals surface area (Å²) in [4.78, 5) is 0. The van der Waals surface area contributed by atoms with E-state index < -0.39 is 155 Å². The van der Waals surface area contributed by atoms with Gasteiger partial charge in [0.25, 0.3) is 0 Å². The Bertz CT molecular complexity index is 1820. The lowest BCUT2D eigenvalue weighted by molar-refractivity contribution is -0.392. The van der Waals surface area contributed by atoms with Gasteiger partial charge in [-0.1, -0.05) is 27.7 Å². The molecule has 0 amide bonds. The molecule has 22 heteroatoms. The normalized spacial score (nSPS) is 57.8. The van der Waals surface area contributed by atoms with Crippen LogP contribution in [0.4, 0.5) is 0 Å². The lowest BCUT2D eigenvalue weighted by Gasteiger charge is -2.61. The smallest absolute Gasteiger partial charge is 0.187 e. The zero-order valence-electron chi connectivity index (χ0n) is 41.7. The molecule has 1 spiro atoms. The summed E-state index contributed by atoms with van der Waals surface area (Å²) in [7, 11) is 0. The number of rotatable bonds is 11. The Morgan fingerprint density at radius 2 is 1.18 bits per heavy atom. The highest BCUT2D eigenvalue weighted by atomic mass is 16.8. The van der Waals surface area contributed by atoms with Gasteiger partial charge in [0.1, 0.15) is 91.6 Å². The van der Waals surface area contributed by atoms with Crippen LogP contribution in [0.1, 0.15) is 91.9 Å². The van der Waals surface area contributed by atoms with Crippen LogP contribution in [0.2, 0.25) is 0 Å². The standard InChI is InChI=1S/C50H82O22/c1-20-7-12-50(65-17-20)21(2)32-28(72-50)14-26-24-6-5-22-13-23(8-10-48(22,3)25(24)9-11-49(26,32)4)66-47-43(71-46-40(61)37(58)35(56)30(16-52)68-46)41(62)42(70-45-38(59)33(54)27(53)18-63-45)31(69-47)19-64-44-39(60)36(57)34(55)29(15-51)67-44/h20-47,51-62H,5-19H2,1-4H3. The van der Waals surface area contributed by atoms with Gasteiger partial charge in [0.05, 0.1) is 45.2 Å². The number of aliphatic hydroxyl groups is 12. The summed E-state index contributed by atoms with van der Waals surface area (Å²) in [6.45, 7) is 7.75. The van der Waals surface area contributed by atoms with Gasteiger partial charge in [-0.25, -0.2) is 0 Å². The molecule has 6 aliphatic heterocycles. The molecule has 414 valence electrons. The van der Waals surface area contributed by atoms with Gasteiger partial charge in [0, 0.05) is 12.3 Å². The third-order valence-electron chi connectivity index (χ3n) is 20.0. The van der Waals surface area contributed by atoms with Crippen molar-refractivity contribution in [3.8, 4) is 0 Å². The second-order valence-electron chi connectivity index (χ2n) is 23.9. The zero-order valence-corrected chi connectivity index (χ0v) is 41.7. The van der Waals surface area contributed by atoms with E-state index in [0.717, 1.165) is 58.0 Å². The molecule has 0 bridgehead atoms. The molecule has 10 rings (SSSR count). The van der Waals surface area contributed by atoms with Crippen LogP contribution >= 0.6 is 0 Å². The minimum atomic E-state index is -1.90. The van der Waals surface area contributed by atoms with Crippen LogP contribution in [0.5, 0.6) is 0 Å². The summed E-state index contributed by atoms with van der Waals surface area (Å²) >= 11 is 0. The maximum absolute atomic E-state index is 12.4. The molecule has 0 radical (unpaired) electrons. The molecule has 0 aromatic rings. The fourth-order valence-electron chi connectivity index (χ4n) is 15.8. The molecule has 0 aromatic heterocycles. The van der Waals surface area contributed by atoms with Crippen LogP contribution in [0.3, 0.4) is 0 Å². The average molecular weight is 1040 g/mol. The van der Waals surface area contributed by atoms with Gasteiger partial charge < -0.3 is 109 Å². The second kappa shape index (κ2) is 21.1. The molecule has 0 aromatic carbocycles. The van der Waals surface area contributed by atoms with E-state index in [0.29, 0.717) is 48.3 Å². The highest BCUT2D eigenvalue weighted by Gasteiger charge is 2.69. The van der Waals surface area contributed by atoms with E-state index in [1.54, 1.807) is 0 Å². The molecule has 31 unspecified atom stereocenters. The van der Waals surface area contributed by atoms with Crippen LogP contribution in [-0.2, 0) is 47.4 Å². The summed E-state index contributed by atoms with van der Waals surface area (Å²) in [6.07, 6.45) is -22.4. The summed E-state index contributed by atoms with van der Waals surface area (Å²) in [5, 5.41) is 128. The Morgan fingerprint density at radius 3 is 1.86 bits per heavy atom. The Morgan fingerprint density at radius 1 is 0.542 bits per heavy atom. The van der Waals surface area contributed by atoms with Crippen LogP contribution in [0.25, 0.3) is 0 Å². The molecular formula is C50H82O22. The van der Waals surface area contributed by atoms with Gasteiger partial charge in [-0.05, 0) is 104 Å². The van der Waals surface area contributed by atoms with Crippen LogP contribution in [0.15, 0.2) is 0 Å². The highest BCUT2D eigenvalue weighted by molar-refractivity contribution is 5.15. The van der Waals surface area contributed by atoms with Crippen molar-refractivity contribution in [2.45, 2.75) is 227 Å². The molecule has 31 atom stereocenters. The van der Waals surface area contributed by atoms with E-state index >= 15 is 0 Å². The summed E-state index contributed by atoms with van der Waals surface area (Å²) in [5.74, 6) is 2.71. The van der Waals surface area contributed by atoms with Crippen molar-refractivity contribution in [3.63, 3.8) is 0 Å². The van der Waals surface area contributed by atoms with E-state index in [4.69, 9.17) is 47.4 Å². The fraction of sp³-hybridized carbons (Fsp3) is 1.00. The van der Waals surface area contributed by atoms with E-state index in [1.807, 2.05) is 0 Å². The van der Waals surface area contributed by atoms with Crippen molar-refractivity contribution in [2.75, 3.05) is 33.0 Å². The van der Waals surface area contributed by atoms with Gasteiger partial charge >= 0.3 is 0 Å². The Kier molecular flexibility index (Phi) is 15.9. The molecule has 10 aliphatic rings. The van der Waals surface area contributed by atoms with Crippen molar-refractivity contribution in [2.24, 2.45) is 52.3 Å². The first-order chi connectivity index (χ1) is 34.2. The first-order valence-corrected chi connectivity index (χ1v) is 26.7. The van der Waals surface area contributed by atoms with Gasteiger partial charge in [0.2, 0.25) is 0 Å². The van der Waals surface area contributed by atoms with Gasteiger partial charge in [-0.15, -0.1) is 0 Å². The lowest BCUT2D eigenvalue weighted by atomic mass is 9.44. The second-order valence-corrected chi connectivity index (χ2v) is 23.9. The summed E-state index contributed by atoms with van der Waals surface area (Å²) < 4.78 is 62.1. The highest BCUT2D eigenvalue weighted by Crippen LogP contribution is 2.71. The van der Waals surface area contributed by atoms with Crippen molar-refractivity contribution in [1.29, 1.82) is 0 Å². The Labute approximate surface area is 419 Å². The lowest BCUT2D eigenvalue weighted by Crippen LogP contribution is -2.67. The molecule has 6 saturated heterocycles. The number of ether oxygens (including phenoxy) is 10.